The van der Waals surface area contributed by atoms with E-state index in [-0.39, 0.29) is 6.04 Å². The van der Waals surface area contributed by atoms with Crippen molar-refractivity contribution in [2.24, 2.45) is 0 Å². The molecule has 1 atom stereocenters. The smallest absolute Gasteiger partial charge is 0.314 e. The standard InChI is InChI=1S/C17H19F3N2S/c1-12-10-15(23-11-12)16(22-8-6-21-7-9-22)13-4-2-3-5-14(13)17(18,19)20/h2-5,10-11,16,21H,6-9H2,1H3. The molecule has 0 radical (unpaired) electrons. The molecule has 0 amide bonds. The number of thiophene rings is 1. The van der Waals surface area contributed by atoms with E-state index in [9.17, 15) is 13.2 Å². The third-order valence-electron chi connectivity index (χ3n) is 4.10. The zero-order valence-corrected chi connectivity index (χ0v) is 13.7. The Bertz CT molecular complexity index is 660. The number of hydrogen-bond donors (Lipinski definition) is 1. The van der Waals surface area contributed by atoms with Gasteiger partial charge in [0, 0.05) is 31.1 Å². The van der Waals surface area contributed by atoms with E-state index in [1.54, 1.807) is 12.1 Å². The summed E-state index contributed by atoms with van der Waals surface area (Å²) in [6, 6.07) is 7.62. The summed E-state index contributed by atoms with van der Waals surface area (Å²) in [6.45, 7) is 5.07. The Kier molecular flexibility index (Phi) is 4.75. The van der Waals surface area contributed by atoms with Crippen LogP contribution in [-0.4, -0.2) is 31.1 Å². The van der Waals surface area contributed by atoms with Crippen LogP contribution in [0.4, 0.5) is 13.2 Å². The van der Waals surface area contributed by atoms with Crippen molar-refractivity contribution in [1.29, 1.82) is 0 Å². The molecule has 1 aromatic heterocycles. The first-order chi connectivity index (χ1) is 11.0. The van der Waals surface area contributed by atoms with Crippen LogP contribution in [0.3, 0.4) is 0 Å². The number of benzene rings is 1. The number of alkyl halides is 3. The molecule has 0 bridgehead atoms. The molecule has 3 rings (SSSR count). The van der Waals surface area contributed by atoms with Crippen LogP contribution in [0.1, 0.15) is 27.6 Å². The Morgan fingerprint density at radius 3 is 2.48 bits per heavy atom. The van der Waals surface area contributed by atoms with Crippen LogP contribution < -0.4 is 5.32 Å². The maximum Gasteiger partial charge on any atom is 0.416 e. The van der Waals surface area contributed by atoms with Gasteiger partial charge in [-0.25, -0.2) is 0 Å². The summed E-state index contributed by atoms with van der Waals surface area (Å²) in [6.07, 6.45) is -4.34. The highest BCUT2D eigenvalue weighted by Gasteiger charge is 2.37. The number of nitrogens with one attached hydrogen (secondary N) is 1. The van der Waals surface area contributed by atoms with Crippen molar-refractivity contribution in [2.75, 3.05) is 26.2 Å². The van der Waals surface area contributed by atoms with Crippen LogP contribution in [0.25, 0.3) is 0 Å². The molecule has 1 fully saturated rings. The largest absolute Gasteiger partial charge is 0.416 e. The Morgan fingerprint density at radius 2 is 1.87 bits per heavy atom. The van der Waals surface area contributed by atoms with Crippen molar-refractivity contribution in [3.63, 3.8) is 0 Å². The molecule has 2 heterocycles. The van der Waals surface area contributed by atoms with Crippen LogP contribution in [0, 0.1) is 6.92 Å². The fraction of sp³-hybridized carbons (Fsp3) is 0.412. The van der Waals surface area contributed by atoms with E-state index >= 15 is 0 Å². The second-order valence-electron chi connectivity index (χ2n) is 5.80. The summed E-state index contributed by atoms with van der Waals surface area (Å²) < 4.78 is 40.4. The third kappa shape index (κ3) is 3.59. The zero-order valence-electron chi connectivity index (χ0n) is 12.9. The van der Waals surface area contributed by atoms with Gasteiger partial charge in [-0.2, -0.15) is 13.2 Å². The molecule has 0 aliphatic carbocycles. The summed E-state index contributed by atoms with van der Waals surface area (Å²) in [4.78, 5) is 3.12. The van der Waals surface area contributed by atoms with Gasteiger partial charge in [-0.3, -0.25) is 4.90 Å². The molecule has 6 heteroatoms. The Hall–Kier alpha value is -1.37. The number of aryl methyl sites for hydroxylation is 1. The highest BCUT2D eigenvalue weighted by atomic mass is 32.1. The van der Waals surface area contributed by atoms with Gasteiger partial charge >= 0.3 is 6.18 Å². The maximum atomic E-state index is 13.5. The molecule has 0 saturated carbocycles. The van der Waals surface area contributed by atoms with E-state index < -0.39 is 11.7 Å². The van der Waals surface area contributed by atoms with Gasteiger partial charge in [-0.1, -0.05) is 18.2 Å². The zero-order chi connectivity index (χ0) is 16.4. The second-order valence-corrected chi connectivity index (χ2v) is 6.74. The first kappa shape index (κ1) is 16.5. The second kappa shape index (κ2) is 6.63. The average molecular weight is 340 g/mol. The fourth-order valence-corrected chi connectivity index (χ4v) is 4.11. The lowest BCUT2D eigenvalue weighted by atomic mass is 9.96. The van der Waals surface area contributed by atoms with Crippen LogP contribution in [0.5, 0.6) is 0 Å². The van der Waals surface area contributed by atoms with Crippen LogP contribution >= 0.6 is 11.3 Å². The highest BCUT2D eigenvalue weighted by molar-refractivity contribution is 7.10. The monoisotopic (exact) mass is 340 g/mol. The van der Waals surface area contributed by atoms with Gasteiger partial charge in [0.15, 0.2) is 0 Å². The number of halogens is 3. The Labute approximate surface area is 137 Å². The lowest BCUT2D eigenvalue weighted by Crippen LogP contribution is -2.45. The number of rotatable bonds is 3. The average Bonchev–Trinajstić information content (AvgIpc) is 2.94. The molecule has 1 aliphatic heterocycles. The summed E-state index contributed by atoms with van der Waals surface area (Å²) >= 11 is 1.54. The molecule has 2 aromatic rings. The summed E-state index contributed by atoms with van der Waals surface area (Å²) in [5.74, 6) is 0. The first-order valence-electron chi connectivity index (χ1n) is 7.63. The van der Waals surface area contributed by atoms with Crippen LogP contribution in [-0.2, 0) is 6.18 Å². The molecule has 2 nitrogen and oxygen atoms in total. The molecule has 23 heavy (non-hydrogen) atoms. The van der Waals surface area contributed by atoms with Crippen molar-refractivity contribution in [1.82, 2.24) is 10.2 Å². The van der Waals surface area contributed by atoms with Crippen LogP contribution in [0.2, 0.25) is 0 Å². The van der Waals surface area contributed by atoms with Gasteiger partial charge in [-0.05, 0) is 35.6 Å². The minimum Gasteiger partial charge on any atom is -0.314 e. The predicted molar refractivity (Wildman–Crippen MR) is 86.8 cm³/mol. The summed E-state index contributed by atoms with van der Waals surface area (Å²) in [7, 11) is 0. The van der Waals surface area contributed by atoms with Crippen molar-refractivity contribution < 1.29 is 13.2 Å². The molecule has 1 aliphatic rings. The molecule has 1 unspecified atom stereocenters. The molecule has 1 aromatic carbocycles. The lowest BCUT2D eigenvalue weighted by Gasteiger charge is -2.35. The molecular weight excluding hydrogens is 321 g/mol. The maximum absolute atomic E-state index is 13.5. The highest BCUT2D eigenvalue weighted by Crippen LogP contribution is 2.40. The van der Waals surface area contributed by atoms with Gasteiger partial charge in [0.2, 0.25) is 0 Å². The number of piperazine rings is 1. The van der Waals surface area contributed by atoms with Crippen molar-refractivity contribution in [3.05, 3.63) is 57.3 Å². The molecule has 0 spiro atoms. The van der Waals surface area contributed by atoms with E-state index in [4.69, 9.17) is 0 Å². The van der Waals surface area contributed by atoms with E-state index in [0.717, 1.165) is 36.6 Å². The van der Waals surface area contributed by atoms with E-state index in [0.29, 0.717) is 5.56 Å². The molecule has 1 saturated heterocycles. The minimum absolute atomic E-state index is 0.339. The van der Waals surface area contributed by atoms with Gasteiger partial charge in [0.25, 0.3) is 0 Å². The van der Waals surface area contributed by atoms with Crippen molar-refractivity contribution >= 4 is 11.3 Å². The summed E-state index contributed by atoms with van der Waals surface area (Å²) in [5, 5.41) is 5.26. The predicted octanol–water partition coefficient (Wildman–Crippen LogP) is 4.07. The quantitative estimate of drug-likeness (QED) is 0.906. The van der Waals surface area contributed by atoms with Crippen LogP contribution in [0.15, 0.2) is 35.7 Å². The summed E-state index contributed by atoms with van der Waals surface area (Å²) in [5.41, 5.74) is 0.910. The van der Waals surface area contributed by atoms with Gasteiger partial charge in [0.05, 0.1) is 11.6 Å². The van der Waals surface area contributed by atoms with Gasteiger partial charge in [-0.15, -0.1) is 11.3 Å². The normalized spacial score (nSPS) is 18.1. The SMILES string of the molecule is Cc1csc(C(c2ccccc2C(F)(F)F)N2CCNCC2)c1. The lowest BCUT2D eigenvalue weighted by molar-refractivity contribution is -0.138. The van der Waals surface area contributed by atoms with E-state index in [1.807, 2.05) is 18.4 Å². The number of nitrogens with zero attached hydrogens (tertiary/aromatic N) is 1. The number of hydrogen-bond acceptors (Lipinski definition) is 3. The van der Waals surface area contributed by atoms with Gasteiger partial charge in [0.1, 0.15) is 0 Å². The Morgan fingerprint density at radius 1 is 1.17 bits per heavy atom. The topological polar surface area (TPSA) is 15.3 Å². The molecular formula is C17H19F3N2S. The van der Waals surface area contributed by atoms with E-state index in [1.165, 1.54) is 23.5 Å². The first-order valence-corrected chi connectivity index (χ1v) is 8.50. The minimum atomic E-state index is -4.34. The van der Waals surface area contributed by atoms with Crippen molar-refractivity contribution in [3.8, 4) is 0 Å². The molecule has 1 N–H and O–H groups in total. The van der Waals surface area contributed by atoms with E-state index in [2.05, 4.69) is 10.2 Å². The van der Waals surface area contributed by atoms with Gasteiger partial charge < -0.3 is 5.32 Å². The molecule has 124 valence electrons. The third-order valence-corrected chi connectivity index (χ3v) is 5.20. The Balaban J connectivity index is 2.08. The van der Waals surface area contributed by atoms with Crippen molar-refractivity contribution in [2.45, 2.75) is 19.1 Å². The fourth-order valence-electron chi connectivity index (χ4n) is 3.06.